The number of ether oxygens (including phenoxy) is 3. The van der Waals surface area contributed by atoms with Crippen LogP contribution in [0.15, 0.2) is 12.1 Å². The van der Waals surface area contributed by atoms with Crippen molar-refractivity contribution in [1.29, 1.82) is 0 Å². The molecule has 6 nitrogen and oxygen atoms in total. The van der Waals surface area contributed by atoms with Crippen molar-refractivity contribution in [2.75, 3.05) is 27.9 Å². The van der Waals surface area contributed by atoms with E-state index in [1.165, 1.54) is 26.6 Å². The Balaban J connectivity index is 3.04. The summed E-state index contributed by atoms with van der Waals surface area (Å²) in [6.07, 6.45) is 0. The lowest BCUT2D eigenvalue weighted by molar-refractivity contribution is -0.569. The van der Waals surface area contributed by atoms with Gasteiger partial charge in [0.2, 0.25) is 5.75 Å². The van der Waals surface area contributed by atoms with Crippen molar-refractivity contribution in [3.05, 3.63) is 12.1 Å². The fourth-order valence-electron chi connectivity index (χ4n) is 1.42. The van der Waals surface area contributed by atoms with Crippen LogP contribution in [0.3, 0.4) is 0 Å². The fraction of sp³-hybridized carbons (Fsp3) is 0.364. The van der Waals surface area contributed by atoms with E-state index in [0.29, 0.717) is 22.9 Å². The topological polar surface area (TPSA) is 84.4 Å². The fourth-order valence-corrected chi connectivity index (χ4v) is 1.42. The van der Waals surface area contributed by atoms with Crippen molar-refractivity contribution in [2.24, 2.45) is 0 Å². The van der Waals surface area contributed by atoms with Crippen molar-refractivity contribution >= 4 is 11.7 Å². The van der Waals surface area contributed by atoms with Crippen molar-refractivity contribution in [3.8, 4) is 17.2 Å². The quantitative estimate of drug-likeness (QED) is 0.623. The van der Waals surface area contributed by atoms with Gasteiger partial charge >= 0.3 is 0 Å². The summed E-state index contributed by atoms with van der Waals surface area (Å²) in [6, 6.07) is 3.34. The van der Waals surface area contributed by atoms with Crippen LogP contribution < -0.4 is 24.6 Å². The summed E-state index contributed by atoms with van der Waals surface area (Å²) in [7, 11) is 4.50. The molecule has 94 valence electrons. The zero-order chi connectivity index (χ0) is 12.8. The number of carboxylic acids is 1. The van der Waals surface area contributed by atoms with Crippen LogP contribution in [0.4, 0.5) is 5.69 Å². The molecule has 6 heteroatoms. The SMILES string of the molecule is COc1cc([NH2+]CC(=O)[O-])cc(OC)c1OC. The van der Waals surface area contributed by atoms with Crippen LogP contribution >= 0.6 is 0 Å². The van der Waals surface area contributed by atoms with E-state index in [9.17, 15) is 9.90 Å². The molecular formula is C11H15NO5. The molecule has 0 heterocycles. The number of nitrogens with two attached hydrogens (primary N) is 1. The first-order valence-corrected chi connectivity index (χ1v) is 4.95. The predicted molar refractivity (Wildman–Crippen MR) is 57.6 cm³/mol. The Morgan fingerprint density at radius 1 is 1.18 bits per heavy atom. The zero-order valence-electron chi connectivity index (χ0n) is 9.98. The van der Waals surface area contributed by atoms with Gasteiger partial charge in [0.25, 0.3) is 0 Å². The van der Waals surface area contributed by atoms with Gasteiger partial charge in [-0.15, -0.1) is 0 Å². The van der Waals surface area contributed by atoms with Crippen LogP contribution in [-0.4, -0.2) is 33.8 Å². The highest BCUT2D eigenvalue weighted by Gasteiger charge is 2.14. The average Bonchev–Trinajstić information content (AvgIpc) is 2.34. The summed E-state index contributed by atoms with van der Waals surface area (Å²) in [5.74, 6) is 0.298. The molecule has 0 bridgehead atoms. The first kappa shape index (κ1) is 13.1. The second-order valence-corrected chi connectivity index (χ2v) is 3.24. The molecule has 0 saturated heterocycles. The average molecular weight is 241 g/mol. The molecule has 0 spiro atoms. The number of carboxylic acid groups (broad SMARTS) is 1. The van der Waals surface area contributed by atoms with Crippen molar-refractivity contribution in [2.45, 2.75) is 0 Å². The number of benzene rings is 1. The van der Waals surface area contributed by atoms with Crippen LogP contribution in [0.2, 0.25) is 0 Å². The molecule has 0 saturated carbocycles. The number of quaternary nitrogens is 1. The Morgan fingerprint density at radius 3 is 2.06 bits per heavy atom. The van der Waals surface area contributed by atoms with E-state index < -0.39 is 5.97 Å². The summed E-state index contributed by atoms with van der Waals surface area (Å²) in [5, 5.41) is 11.9. The van der Waals surface area contributed by atoms with E-state index in [-0.39, 0.29) is 6.54 Å². The van der Waals surface area contributed by atoms with E-state index in [0.717, 1.165) is 0 Å². The second-order valence-electron chi connectivity index (χ2n) is 3.24. The lowest BCUT2D eigenvalue weighted by Gasteiger charge is -2.13. The summed E-state index contributed by atoms with van der Waals surface area (Å²) < 4.78 is 15.4. The lowest BCUT2D eigenvalue weighted by atomic mass is 10.2. The van der Waals surface area contributed by atoms with Crippen LogP contribution in [0, 0.1) is 0 Å². The summed E-state index contributed by atoms with van der Waals surface area (Å²) >= 11 is 0. The number of methoxy groups -OCH3 is 3. The molecule has 2 N–H and O–H groups in total. The largest absolute Gasteiger partial charge is 0.544 e. The standard InChI is InChI=1S/C11H15NO5/c1-15-8-4-7(12-6-10(13)14)5-9(16-2)11(8)17-3/h4-5,12H,6H2,1-3H3,(H,13,14). The molecule has 0 aliphatic heterocycles. The maximum absolute atomic E-state index is 10.4. The smallest absolute Gasteiger partial charge is 0.203 e. The Labute approximate surface area is 99.1 Å². The molecule has 17 heavy (non-hydrogen) atoms. The van der Waals surface area contributed by atoms with Gasteiger partial charge in [0.15, 0.2) is 11.5 Å². The molecule has 1 rings (SSSR count). The van der Waals surface area contributed by atoms with Gasteiger partial charge < -0.3 is 29.4 Å². The highest BCUT2D eigenvalue weighted by molar-refractivity contribution is 5.65. The van der Waals surface area contributed by atoms with Gasteiger partial charge in [0.1, 0.15) is 12.2 Å². The summed E-state index contributed by atoms with van der Waals surface area (Å²) in [5.41, 5.74) is 0.670. The highest BCUT2D eigenvalue weighted by atomic mass is 16.5. The Morgan fingerprint density at radius 2 is 1.71 bits per heavy atom. The monoisotopic (exact) mass is 241 g/mol. The first-order valence-electron chi connectivity index (χ1n) is 4.95. The Hall–Kier alpha value is -1.95. The van der Waals surface area contributed by atoms with Gasteiger partial charge in [-0.25, -0.2) is 0 Å². The molecule has 0 radical (unpaired) electrons. The molecule has 0 aliphatic rings. The Bertz CT molecular complexity index is 380. The molecule has 1 aromatic carbocycles. The highest BCUT2D eigenvalue weighted by Crippen LogP contribution is 2.38. The van der Waals surface area contributed by atoms with Crippen LogP contribution in [0.1, 0.15) is 0 Å². The van der Waals surface area contributed by atoms with Gasteiger partial charge in [-0.2, -0.15) is 0 Å². The van der Waals surface area contributed by atoms with E-state index in [4.69, 9.17) is 14.2 Å². The van der Waals surface area contributed by atoms with E-state index >= 15 is 0 Å². The van der Waals surface area contributed by atoms with Crippen LogP contribution in [0.25, 0.3) is 0 Å². The molecule has 0 fully saturated rings. The normalized spacial score (nSPS) is 9.82. The minimum atomic E-state index is -1.14. The molecule has 0 aliphatic carbocycles. The number of hydrogen-bond donors (Lipinski definition) is 1. The van der Waals surface area contributed by atoms with Gasteiger partial charge in [-0.05, 0) is 0 Å². The number of carbonyl (C=O) groups is 1. The third kappa shape index (κ3) is 3.25. The molecule has 0 aromatic heterocycles. The third-order valence-electron chi connectivity index (χ3n) is 2.19. The van der Waals surface area contributed by atoms with E-state index in [1.807, 2.05) is 0 Å². The number of rotatable bonds is 6. The first-order chi connectivity index (χ1) is 8.12. The van der Waals surface area contributed by atoms with Gasteiger partial charge in [-0.1, -0.05) is 0 Å². The molecule has 0 unspecified atom stereocenters. The van der Waals surface area contributed by atoms with Crippen molar-refractivity contribution < 1.29 is 29.4 Å². The second kappa shape index (κ2) is 5.95. The number of hydrogen-bond acceptors (Lipinski definition) is 5. The predicted octanol–water partition coefficient (Wildman–Crippen LogP) is -1.34. The van der Waals surface area contributed by atoms with Gasteiger partial charge in [-0.3, -0.25) is 0 Å². The summed E-state index contributed by atoms with van der Waals surface area (Å²) in [4.78, 5) is 10.4. The van der Waals surface area contributed by atoms with E-state index in [2.05, 4.69) is 0 Å². The zero-order valence-corrected chi connectivity index (χ0v) is 9.98. The molecular weight excluding hydrogens is 226 g/mol. The van der Waals surface area contributed by atoms with Gasteiger partial charge in [0, 0.05) is 12.1 Å². The molecule has 0 atom stereocenters. The van der Waals surface area contributed by atoms with Crippen LogP contribution in [-0.2, 0) is 4.79 Å². The van der Waals surface area contributed by atoms with Crippen LogP contribution in [0.5, 0.6) is 17.2 Å². The molecule has 0 amide bonds. The van der Waals surface area contributed by atoms with Crippen molar-refractivity contribution in [3.63, 3.8) is 0 Å². The number of carbonyl (C=O) groups excluding carboxylic acids is 1. The minimum absolute atomic E-state index is 0.168. The maximum atomic E-state index is 10.4. The third-order valence-corrected chi connectivity index (χ3v) is 2.19. The maximum Gasteiger partial charge on any atom is 0.203 e. The minimum Gasteiger partial charge on any atom is -0.544 e. The van der Waals surface area contributed by atoms with E-state index in [1.54, 1.807) is 12.1 Å². The Kier molecular flexibility index (Phi) is 4.59. The molecule has 1 aromatic rings. The lowest BCUT2D eigenvalue weighted by Crippen LogP contribution is -2.81. The van der Waals surface area contributed by atoms with Crippen molar-refractivity contribution in [1.82, 2.24) is 0 Å². The summed E-state index contributed by atoms with van der Waals surface area (Å²) in [6.45, 7) is -0.168. The van der Waals surface area contributed by atoms with Gasteiger partial charge in [0.05, 0.1) is 27.3 Å². The number of aliphatic carboxylic acids is 1.